The minimum Gasteiger partial charge on any atom is -0.336 e. The predicted octanol–water partition coefficient (Wildman–Crippen LogP) is 2.87. The zero-order valence-electron chi connectivity index (χ0n) is 14.0. The highest BCUT2D eigenvalue weighted by Crippen LogP contribution is 2.26. The van der Waals surface area contributed by atoms with Gasteiger partial charge in [0.25, 0.3) is 0 Å². The van der Waals surface area contributed by atoms with Gasteiger partial charge in [-0.05, 0) is 18.8 Å². The van der Waals surface area contributed by atoms with Gasteiger partial charge < -0.3 is 9.88 Å². The predicted molar refractivity (Wildman–Crippen MR) is 93.0 cm³/mol. The largest absolute Gasteiger partial charge is 0.336 e. The number of nitrogens with zero attached hydrogens (tertiary/aromatic N) is 7. The molecule has 8 heteroatoms. The van der Waals surface area contributed by atoms with E-state index in [2.05, 4.69) is 31.4 Å². The fourth-order valence-electron chi connectivity index (χ4n) is 3.46. The third kappa shape index (κ3) is 3.31. The van der Waals surface area contributed by atoms with E-state index in [1.54, 1.807) is 10.9 Å². The Balaban J connectivity index is 1.51. The number of aromatic nitrogens is 6. The van der Waals surface area contributed by atoms with Gasteiger partial charge in [-0.2, -0.15) is 10.4 Å². The maximum Gasteiger partial charge on any atom is 0.166 e. The van der Waals surface area contributed by atoms with Crippen molar-refractivity contribution in [2.45, 2.75) is 45.2 Å². The van der Waals surface area contributed by atoms with E-state index in [4.69, 9.17) is 5.26 Å². The summed E-state index contributed by atoms with van der Waals surface area (Å²) < 4.78 is 3.71. The highest BCUT2D eigenvalue weighted by atomic mass is 15.3. The van der Waals surface area contributed by atoms with Crippen LogP contribution in [-0.4, -0.2) is 29.3 Å². The van der Waals surface area contributed by atoms with Crippen molar-refractivity contribution >= 4 is 22.7 Å². The van der Waals surface area contributed by atoms with Gasteiger partial charge in [0.1, 0.15) is 12.9 Å². The van der Waals surface area contributed by atoms with Crippen molar-refractivity contribution in [3.05, 3.63) is 25.0 Å². The minimum atomic E-state index is 0.215. The Bertz CT molecular complexity index is 897. The summed E-state index contributed by atoms with van der Waals surface area (Å²) in [6.45, 7) is 1.18. The third-order valence-electron chi connectivity index (χ3n) is 4.71. The summed E-state index contributed by atoms with van der Waals surface area (Å²) in [6.07, 6.45) is 13.5. The monoisotopic (exact) mass is 336 g/mol. The van der Waals surface area contributed by atoms with E-state index in [1.165, 1.54) is 38.4 Å². The number of hydrogen-bond acceptors (Lipinski definition) is 6. The van der Waals surface area contributed by atoms with Crippen LogP contribution in [0.4, 0.5) is 11.5 Å². The van der Waals surface area contributed by atoms with Gasteiger partial charge in [-0.3, -0.25) is 4.68 Å². The normalized spacial score (nSPS) is 15.3. The first-order valence-corrected chi connectivity index (χ1v) is 8.66. The molecule has 0 spiro atoms. The van der Waals surface area contributed by atoms with Gasteiger partial charge in [0, 0.05) is 12.7 Å². The molecule has 0 aromatic carbocycles. The van der Waals surface area contributed by atoms with Crippen molar-refractivity contribution in [1.29, 1.82) is 5.26 Å². The summed E-state index contributed by atoms with van der Waals surface area (Å²) in [5.74, 6) is 1.35. The van der Waals surface area contributed by atoms with E-state index in [0.717, 1.165) is 18.2 Å². The van der Waals surface area contributed by atoms with Crippen LogP contribution < -0.4 is 5.32 Å². The Morgan fingerprint density at radius 2 is 2.08 bits per heavy atom. The van der Waals surface area contributed by atoms with Crippen LogP contribution in [0.25, 0.3) is 11.2 Å². The van der Waals surface area contributed by atoms with Crippen molar-refractivity contribution in [1.82, 2.24) is 29.3 Å². The number of nitrogens with one attached hydrogen (secondary N) is 1. The molecule has 1 aliphatic carbocycles. The molecule has 0 radical (unpaired) electrons. The first-order chi connectivity index (χ1) is 12.3. The standard InChI is InChI=1S/C17H20N8/c18-6-7-24-12-21-15-16(19-11-20-17(15)24)23-14-8-22-25(10-14)9-13-4-2-1-3-5-13/h8,10-13H,1-5,7,9H2,(H,19,20,23). The van der Waals surface area contributed by atoms with Gasteiger partial charge >= 0.3 is 0 Å². The summed E-state index contributed by atoms with van der Waals surface area (Å²) in [4.78, 5) is 12.8. The molecule has 4 rings (SSSR count). The van der Waals surface area contributed by atoms with E-state index < -0.39 is 0 Å². The van der Waals surface area contributed by atoms with E-state index in [9.17, 15) is 0 Å². The van der Waals surface area contributed by atoms with Crippen LogP contribution in [0.1, 0.15) is 32.1 Å². The van der Waals surface area contributed by atoms with Crippen molar-refractivity contribution in [2.24, 2.45) is 5.92 Å². The first kappa shape index (κ1) is 15.6. The molecule has 1 aliphatic rings. The fraction of sp³-hybridized carbons (Fsp3) is 0.471. The summed E-state index contributed by atoms with van der Waals surface area (Å²) >= 11 is 0. The molecular weight excluding hydrogens is 316 g/mol. The van der Waals surface area contributed by atoms with Crippen LogP contribution >= 0.6 is 0 Å². The molecule has 3 aromatic rings. The summed E-state index contributed by atoms with van der Waals surface area (Å²) in [5, 5.41) is 16.6. The molecule has 3 aromatic heterocycles. The average molecular weight is 336 g/mol. The van der Waals surface area contributed by atoms with Gasteiger partial charge in [0.2, 0.25) is 0 Å². The molecule has 128 valence electrons. The lowest BCUT2D eigenvalue weighted by atomic mass is 9.89. The molecule has 0 amide bonds. The van der Waals surface area contributed by atoms with Gasteiger partial charge in [0.15, 0.2) is 17.0 Å². The minimum absolute atomic E-state index is 0.215. The second-order valence-corrected chi connectivity index (χ2v) is 6.51. The number of hydrogen-bond donors (Lipinski definition) is 1. The number of fused-ring (bicyclic) bond motifs is 1. The Kier molecular flexibility index (Phi) is 4.29. The van der Waals surface area contributed by atoms with Gasteiger partial charge in [-0.1, -0.05) is 19.3 Å². The number of rotatable bonds is 5. The molecule has 0 atom stereocenters. The Morgan fingerprint density at radius 1 is 1.20 bits per heavy atom. The Hall–Kier alpha value is -2.95. The van der Waals surface area contributed by atoms with Crippen molar-refractivity contribution in [3.8, 4) is 6.07 Å². The molecule has 0 aliphatic heterocycles. The van der Waals surface area contributed by atoms with Crippen molar-refractivity contribution in [3.63, 3.8) is 0 Å². The quantitative estimate of drug-likeness (QED) is 0.769. The van der Waals surface area contributed by atoms with Crippen LogP contribution in [0.15, 0.2) is 25.0 Å². The number of nitriles is 1. The SMILES string of the molecule is N#CCn1cnc2c(Nc3cnn(CC4CCCCC4)c3)ncnc21. The first-order valence-electron chi connectivity index (χ1n) is 8.66. The molecule has 1 fully saturated rings. The van der Waals surface area contributed by atoms with Crippen molar-refractivity contribution in [2.75, 3.05) is 5.32 Å². The number of imidazole rings is 1. The molecule has 1 saturated carbocycles. The van der Waals surface area contributed by atoms with Gasteiger partial charge in [-0.25, -0.2) is 15.0 Å². The van der Waals surface area contributed by atoms with Gasteiger partial charge in [0.05, 0.1) is 24.3 Å². The molecule has 1 N–H and O–H groups in total. The average Bonchev–Trinajstić information content (AvgIpc) is 3.24. The second kappa shape index (κ2) is 6.89. The van der Waals surface area contributed by atoms with Crippen LogP contribution in [-0.2, 0) is 13.1 Å². The zero-order valence-corrected chi connectivity index (χ0v) is 14.0. The lowest BCUT2D eigenvalue weighted by Crippen LogP contribution is -2.14. The smallest absolute Gasteiger partial charge is 0.166 e. The summed E-state index contributed by atoms with van der Waals surface area (Å²) in [7, 11) is 0. The molecule has 25 heavy (non-hydrogen) atoms. The summed E-state index contributed by atoms with van der Waals surface area (Å²) in [5.41, 5.74) is 2.18. The third-order valence-corrected chi connectivity index (χ3v) is 4.71. The molecule has 0 bridgehead atoms. The molecule has 0 unspecified atom stereocenters. The lowest BCUT2D eigenvalue weighted by Gasteiger charge is -2.21. The Morgan fingerprint density at radius 3 is 2.92 bits per heavy atom. The highest BCUT2D eigenvalue weighted by molar-refractivity contribution is 5.84. The maximum atomic E-state index is 8.87. The van der Waals surface area contributed by atoms with Crippen LogP contribution in [0.2, 0.25) is 0 Å². The molecule has 3 heterocycles. The molecule has 0 saturated heterocycles. The second-order valence-electron chi connectivity index (χ2n) is 6.51. The molecular formula is C17H20N8. The van der Waals surface area contributed by atoms with E-state index in [-0.39, 0.29) is 6.54 Å². The van der Waals surface area contributed by atoms with Crippen molar-refractivity contribution < 1.29 is 0 Å². The topological polar surface area (TPSA) is 97.2 Å². The van der Waals surface area contributed by atoms with E-state index in [0.29, 0.717) is 17.0 Å². The lowest BCUT2D eigenvalue weighted by molar-refractivity contribution is 0.308. The van der Waals surface area contributed by atoms with Crippen LogP contribution in [0.5, 0.6) is 0 Å². The van der Waals surface area contributed by atoms with Gasteiger partial charge in [-0.15, -0.1) is 0 Å². The highest BCUT2D eigenvalue weighted by Gasteiger charge is 2.15. The van der Waals surface area contributed by atoms with Crippen LogP contribution in [0, 0.1) is 17.2 Å². The number of anilines is 2. The van der Waals surface area contributed by atoms with Crippen LogP contribution in [0.3, 0.4) is 0 Å². The summed E-state index contributed by atoms with van der Waals surface area (Å²) in [6, 6.07) is 2.10. The van der Waals surface area contributed by atoms with E-state index in [1.807, 2.05) is 17.1 Å². The van der Waals surface area contributed by atoms with E-state index >= 15 is 0 Å². The maximum absolute atomic E-state index is 8.87. The fourth-order valence-corrected chi connectivity index (χ4v) is 3.46. The Labute approximate surface area is 145 Å². The molecule has 8 nitrogen and oxygen atoms in total. The zero-order chi connectivity index (χ0) is 17.1.